The van der Waals surface area contributed by atoms with Crippen molar-refractivity contribution < 1.29 is 13.2 Å². The molecule has 1 heterocycles. The van der Waals surface area contributed by atoms with Crippen molar-refractivity contribution in [1.29, 1.82) is 5.26 Å². The first-order valence-corrected chi connectivity index (χ1v) is 12.9. The molecule has 0 spiro atoms. The second kappa shape index (κ2) is 10.8. The number of sulfonamides is 1. The van der Waals surface area contributed by atoms with Crippen molar-refractivity contribution in [2.75, 3.05) is 39.3 Å². The van der Waals surface area contributed by atoms with Gasteiger partial charge in [0, 0.05) is 39.3 Å². The van der Waals surface area contributed by atoms with Gasteiger partial charge in [0.25, 0.3) is 0 Å². The second-order valence-corrected chi connectivity index (χ2v) is 10.5. The molecule has 0 N–H and O–H groups in total. The normalized spacial score (nSPS) is 14.7. The lowest BCUT2D eigenvalue weighted by atomic mass is 10.1. The minimum atomic E-state index is -3.64. The van der Waals surface area contributed by atoms with Gasteiger partial charge in [-0.1, -0.05) is 48.5 Å². The highest BCUT2D eigenvalue weighted by Crippen LogP contribution is 2.23. The number of carbonyl (C=O) groups is 1. The van der Waals surface area contributed by atoms with Crippen LogP contribution in [0.2, 0.25) is 0 Å². The highest BCUT2D eigenvalue weighted by atomic mass is 32.2. The van der Waals surface area contributed by atoms with Crippen LogP contribution in [0.25, 0.3) is 10.8 Å². The molecule has 1 amide bonds. The Bertz CT molecular complexity index is 1370. The number of carbonyl (C=O) groups excluding carboxylic acids is 1. The van der Waals surface area contributed by atoms with Crippen LogP contribution in [0.5, 0.6) is 0 Å². The third-order valence-electron chi connectivity index (χ3n) is 6.16. The van der Waals surface area contributed by atoms with Crippen LogP contribution >= 0.6 is 0 Å². The molecule has 1 saturated heterocycles. The van der Waals surface area contributed by atoms with Crippen molar-refractivity contribution in [1.82, 2.24) is 14.1 Å². The Balaban J connectivity index is 1.38. The minimum Gasteiger partial charge on any atom is -0.339 e. The third kappa shape index (κ3) is 5.77. The van der Waals surface area contributed by atoms with Gasteiger partial charge in [0.15, 0.2) is 0 Å². The average Bonchev–Trinajstić information content (AvgIpc) is 2.88. The van der Waals surface area contributed by atoms with E-state index in [4.69, 9.17) is 5.26 Å². The van der Waals surface area contributed by atoms with Gasteiger partial charge in [0.05, 0.1) is 23.1 Å². The van der Waals surface area contributed by atoms with Crippen molar-refractivity contribution in [3.63, 3.8) is 0 Å². The lowest BCUT2D eigenvalue weighted by Gasteiger charge is -2.35. The van der Waals surface area contributed by atoms with E-state index < -0.39 is 10.0 Å². The highest BCUT2D eigenvalue weighted by Gasteiger charge is 2.30. The Labute approximate surface area is 206 Å². The Kier molecular flexibility index (Phi) is 7.61. The number of fused-ring (bicyclic) bond motifs is 1. The smallest absolute Gasteiger partial charge is 0.243 e. The van der Waals surface area contributed by atoms with Crippen molar-refractivity contribution in [3.8, 4) is 6.07 Å². The maximum absolute atomic E-state index is 13.2. The van der Waals surface area contributed by atoms with Crippen LogP contribution < -0.4 is 0 Å². The molecule has 3 aromatic carbocycles. The highest BCUT2D eigenvalue weighted by molar-refractivity contribution is 7.89. The average molecular weight is 489 g/mol. The summed E-state index contributed by atoms with van der Waals surface area (Å²) in [5.41, 5.74) is 1.53. The number of amides is 1. The summed E-state index contributed by atoms with van der Waals surface area (Å²) in [6, 6.07) is 22.3. The van der Waals surface area contributed by atoms with E-state index in [1.807, 2.05) is 53.4 Å². The number of benzene rings is 3. The monoisotopic (exact) mass is 488 g/mol. The van der Waals surface area contributed by atoms with Crippen LogP contribution in [0, 0.1) is 11.3 Å². The SMILES string of the molecule is C=CCN(CC(=O)N1CCN(S(=O)(=O)c2ccc3ccccc3c2)CC1)Cc1cccc(C#N)c1. The van der Waals surface area contributed by atoms with Crippen molar-refractivity contribution in [2.45, 2.75) is 11.4 Å². The Hall–Kier alpha value is -3.51. The molecule has 180 valence electrons. The van der Waals surface area contributed by atoms with Crippen molar-refractivity contribution >= 4 is 26.7 Å². The van der Waals surface area contributed by atoms with Gasteiger partial charge in [-0.15, -0.1) is 6.58 Å². The molecule has 1 aliphatic rings. The summed E-state index contributed by atoms with van der Waals surface area (Å²) in [5, 5.41) is 11.0. The van der Waals surface area contributed by atoms with Gasteiger partial charge in [-0.25, -0.2) is 8.42 Å². The van der Waals surface area contributed by atoms with Crippen LogP contribution in [0.1, 0.15) is 11.1 Å². The molecular formula is C27H28N4O3S. The largest absolute Gasteiger partial charge is 0.339 e. The van der Waals surface area contributed by atoms with Crippen LogP contribution in [0.15, 0.2) is 84.3 Å². The second-order valence-electron chi connectivity index (χ2n) is 8.56. The molecule has 3 aromatic rings. The molecule has 35 heavy (non-hydrogen) atoms. The summed E-state index contributed by atoms with van der Waals surface area (Å²) in [7, 11) is -3.64. The van der Waals surface area contributed by atoms with E-state index in [1.54, 1.807) is 29.2 Å². The number of nitrogens with zero attached hydrogens (tertiary/aromatic N) is 4. The molecule has 8 heteroatoms. The summed E-state index contributed by atoms with van der Waals surface area (Å²) in [4.78, 5) is 16.9. The maximum Gasteiger partial charge on any atom is 0.243 e. The van der Waals surface area contributed by atoms with Gasteiger partial charge in [-0.05, 0) is 40.6 Å². The topological polar surface area (TPSA) is 84.7 Å². The van der Waals surface area contributed by atoms with E-state index in [9.17, 15) is 13.2 Å². The number of rotatable bonds is 8. The molecule has 7 nitrogen and oxygen atoms in total. The zero-order valence-electron chi connectivity index (χ0n) is 19.5. The van der Waals surface area contributed by atoms with E-state index in [2.05, 4.69) is 12.6 Å². The van der Waals surface area contributed by atoms with Crippen molar-refractivity contribution in [2.24, 2.45) is 0 Å². The van der Waals surface area contributed by atoms with Gasteiger partial charge < -0.3 is 4.90 Å². The fourth-order valence-corrected chi connectivity index (χ4v) is 5.77. The molecule has 1 fully saturated rings. The third-order valence-corrected chi connectivity index (χ3v) is 8.05. The van der Waals surface area contributed by atoms with E-state index in [1.165, 1.54) is 4.31 Å². The summed E-state index contributed by atoms with van der Waals surface area (Å²) < 4.78 is 27.9. The molecule has 0 aliphatic carbocycles. The molecule has 0 atom stereocenters. The molecule has 0 radical (unpaired) electrons. The first kappa shape index (κ1) is 24.6. The predicted octanol–water partition coefficient (Wildman–Crippen LogP) is 3.23. The van der Waals surface area contributed by atoms with Crippen LogP contribution in [0.3, 0.4) is 0 Å². The minimum absolute atomic E-state index is 0.0500. The fourth-order valence-electron chi connectivity index (χ4n) is 4.31. The summed E-state index contributed by atoms with van der Waals surface area (Å²) in [6.07, 6.45) is 1.75. The standard InChI is InChI=1S/C27H28N4O3S/c1-2-12-29(20-23-7-5-6-22(17-23)19-28)21-27(32)30-13-15-31(16-14-30)35(33,34)26-11-10-24-8-3-4-9-25(24)18-26/h2-11,17-18H,1,12-16,20-21H2. The van der Waals surface area contributed by atoms with Gasteiger partial charge in [-0.2, -0.15) is 9.57 Å². The molecule has 0 aromatic heterocycles. The molecule has 0 unspecified atom stereocenters. The number of hydrogen-bond acceptors (Lipinski definition) is 5. The van der Waals surface area contributed by atoms with Gasteiger partial charge in [0.2, 0.25) is 15.9 Å². The van der Waals surface area contributed by atoms with E-state index in [0.29, 0.717) is 31.7 Å². The Morgan fingerprint density at radius 3 is 2.46 bits per heavy atom. The van der Waals surface area contributed by atoms with Gasteiger partial charge >= 0.3 is 0 Å². The first-order chi connectivity index (χ1) is 16.9. The van der Waals surface area contributed by atoms with E-state index >= 15 is 0 Å². The molecule has 0 saturated carbocycles. The zero-order valence-corrected chi connectivity index (χ0v) is 20.3. The van der Waals surface area contributed by atoms with Crippen molar-refractivity contribution in [3.05, 3.63) is 90.5 Å². The summed E-state index contributed by atoms with van der Waals surface area (Å²) >= 11 is 0. The molecule has 4 rings (SSSR count). The lowest BCUT2D eigenvalue weighted by Crippen LogP contribution is -2.52. The van der Waals surface area contributed by atoms with Gasteiger partial charge in [-0.3, -0.25) is 9.69 Å². The van der Waals surface area contributed by atoms with E-state index in [-0.39, 0.29) is 30.4 Å². The number of hydrogen-bond donors (Lipinski definition) is 0. The lowest BCUT2D eigenvalue weighted by molar-refractivity contribution is -0.133. The van der Waals surface area contributed by atoms with E-state index in [0.717, 1.165) is 16.3 Å². The fraction of sp³-hybridized carbons (Fsp3) is 0.259. The predicted molar refractivity (Wildman–Crippen MR) is 136 cm³/mol. The quantitative estimate of drug-likeness (QED) is 0.455. The Morgan fingerprint density at radius 2 is 1.74 bits per heavy atom. The maximum atomic E-state index is 13.2. The number of piperazine rings is 1. The summed E-state index contributed by atoms with van der Waals surface area (Å²) in [6.45, 7) is 6.23. The first-order valence-electron chi connectivity index (χ1n) is 11.5. The Morgan fingerprint density at radius 1 is 1.00 bits per heavy atom. The molecule has 0 bridgehead atoms. The van der Waals surface area contributed by atoms with Crippen LogP contribution in [-0.4, -0.2) is 67.7 Å². The molecule has 1 aliphatic heterocycles. The van der Waals surface area contributed by atoms with Crippen LogP contribution in [0.4, 0.5) is 0 Å². The number of nitriles is 1. The zero-order chi connectivity index (χ0) is 24.8. The molecular weight excluding hydrogens is 460 g/mol. The summed E-state index contributed by atoms with van der Waals surface area (Å²) in [5.74, 6) is -0.0500. The van der Waals surface area contributed by atoms with Crippen LogP contribution in [-0.2, 0) is 21.4 Å². The van der Waals surface area contributed by atoms with Gasteiger partial charge in [0.1, 0.15) is 0 Å².